The zero-order chi connectivity index (χ0) is 17.8. The molecule has 0 saturated heterocycles. The largest absolute Gasteiger partial charge is 0.484 e. The quantitative estimate of drug-likeness (QED) is 0.667. The molecule has 3 rings (SSSR count). The van der Waals surface area contributed by atoms with Gasteiger partial charge < -0.3 is 4.74 Å². The molecule has 0 aliphatic heterocycles. The number of hydrogen-bond acceptors (Lipinski definition) is 4. The molecule has 0 aliphatic rings. The van der Waals surface area contributed by atoms with E-state index in [0.717, 1.165) is 16.6 Å². The Bertz CT molecular complexity index is 871. The van der Waals surface area contributed by atoms with Crippen molar-refractivity contribution >= 4 is 32.6 Å². The number of nitrogens with one attached hydrogen (secondary N) is 1. The fraction of sp³-hybridized carbons (Fsp3) is 0.300. The summed E-state index contributed by atoms with van der Waals surface area (Å²) >= 11 is 1.47. The second-order valence-electron chi connectivity index (χ2n) is 6.21. The predicted octanol–water partition coefficient (Wildman–Crippen LogP) is 5.14. The lowest BCUT2D eigenvalue weighted by molar-refractivity contribution is -0.118. The van der Waals surface area contributed by atoms with Crippen molar-refractivity contribution in [3.05, 3.63) is 53.6 Å². The van der Waals surface area contributed by atoms with Crippen LogP contribution in [0, 0.1) is 6.92 Å². The highest BCUT2D eigenvalue weighted by atomic mass is 32.1. The van der Waals surface area contributed by atoms with E-state index in [9.17, 15) is 4.79 Å². The molecule has 0 unspecified atom stereocenters. The van der Waals surface area contributed by atoms with Crippen molar-refractivity contribution < 1.29 is 9.53 Å². The number of hydrogen-bond donors (Lipinski definition) is 1. The maximum Gasteiger partial charge on any atom is 0.264 e. The number of benzene rings is 2. The van der Waals surface area contributed by atoms with Crippen molar-refractivity contribution in [2.75, 3.05) is 11.9 Å². The van der Waals surface area contributed by atoms with Gasteiger partial charge in [0, 0.05) is 0 Å². The van der Waals surface area contributed by atoms with E-state index >= 15 is 0 Å². The first-order valence-corrected chi connectivity index (χ1v) is 9.26. The van der Waals surface area contributed by atoms with Crippen LogP contribution >= 0.6 is 11.3 Å². The lowest BCUT2D eigenvalue weighted by Gasteiger charge is -2.10. The average molecular weight is 354 g/mol. The number of aryl methyl sites for hydroxylation is 1. The molecule has 0 aliphatic carbocycles. The van der Waals surface area contributed by atoms with E-state index in [1.165, 1.54) is 22.5 Å². The Balaban J connectivity index is 1.56. The summed E-state index contributed by atoms with van der Waals surface area (Å²) in [5, 5.41) is 3.40. The van der Waals surface area contributed by atoms with E-state index in [0.29, 0.717) is 16.8 Å². The first kappa shape index (κ1) is 17.4. The van der Waals surface area contributed by atoms with Crippen LogP contribution in [0.2, 0.25) is 0 Å². The van der Waals surface area contributed by atoms with Gasteiger partial charge in [-0.25, -0.2) is 4.98 Å². The Morgan fingerprint density at radius 1 is 1.24 bits per heavy atom. The van der Waals surface area contributed by atoms with Crippen molar-refractivity contribution in [3.63, 3.8) is 0 Å². The summed E-state index contributed by atoms with van der Waals surface area (Å²) in [5.74, 6) is 1.02. The standard InChI is InChI=1S/C20H22N2O2S/c1-4-14(3)15-6-8-16(9-7-15)24-12-19(23)22-20-21-17-10-5-13(2)11-18(17)25-20/h5-11,14H,4,12H2,1-3H3,(H,21,22,23)/t14-/m0/s1. The molecule has 1 N–H and O–H groups in total. The third-order valence-electron chi connectivity index (χ3n) is 4.22. The summed E-state index contributed by atoms with van der Waals surface area (Å²) in [5.41, 5.74) is 3.36. The summed E-state index contributed by atoms with van der Waals surface area (Å²) in [7, 11) is 0. The van der Waals surface area contributed by atoms with Crippen LogP contribution in [0.4, 0.5) is 5.13 Å². The zero-order valence-electron chi connectivity index (χ0n) is 14.7. The van der Waals surface area contributed by atoms with E-state index in [2.05, 4.69) is 42.3 Å². The van der Waals surface area contributed by atoms with Gasteiger partial charge >= 0.3 is 0 Å². The number of ether oxygens (including phenoxy) is 1. The molecule has 25 heavy (non-hydrogen) atoms. The van der Waals surface area contributed by atoms with Gasteiger partial charge in [0.25, 0.3) is 5.91 Å². The van der Waals surface area contributed by atoms with Crippen LogP contribution in [0.25, 0.3) is 10.2 Å². The molecule has 1 heterocycles. The molecule has 5 heteroatoms. The minimum Gasteiger partial charge on any atom is -0.484 e. The molecule has 0 saturated carbocycles. The second kappa shape index (κ2) is 7.66. The van der Waals surface area contributed by atoms with Gasteiger partial charge in [0.2, 0.25) is 0 Å². The minimum atomic E-state index is -0.207. The maximum atomic E-state index is 12.1. The van der Waals surface area contributed by atoms with Gasteiger partial charge in [0.1, 0.15) is 5.75 Å². The Labute approximate surface area is 151 Å². The Morgan fingerprint density at radius 3 is 2.72 bits per heavy atom. The number of thiazole rings is 1. The molecular formula is C20H22N2O2S. The Kier molecular flexibility index (Phi) is 5.34. The van der Waals surface area contributed by atoms with Crippen molar-refractivity contribution in [1.29, 1.82) is 0 Å². The van der Waals surface area contributed by atoms with Crippen LogP contribution in [0.15, 0.2) is 42.5 Å². The van der Waals surface area contributed by atoms with E-state index in [1.54, 1.807) is 0 Å². The normalized spacial score (nSPS) is 12.1. The molecule has 0 radical (unpaired) electrons. The lowest BCUT2D eigenvalue weighted by Crippen LogP contribution is -2.20. The average Bonchev–Trinajstić information content (AvgIpc) is 3.01. The number of carbonyl (C=O) groups is 1. The van der Waals surface area contributed by atoms with Gasteiger partial charge in [-0.15, -0.1) is 0 Å². The fourth-order valence-electron chi connectivity index (χ4n) is 2.52. The highest BCUT2D eigenvalue weighted by Gasteiger charge is 2.09. The van der Waals surface area contributed by atoms with Gasteiger partial charge in [0.05, 0.1) is 10.2 Å². The molecule has 130 valence electrons. The van der Waals surface area contributed by atoms with Gasteiger partial charge in [-0.1, -0.05) is 43.4 Å². The molecule has 1 aromatic heterocycles. The first-order chi connectivity index (χ1) is 12.0. The number of anilines is 1. The fourth-order valence-corrected chi connectivity index (χ4v) is 3.50. The molecule has 0 spiro atoms. The van der Waals surface area contributed by atoms with Crippen LogP contribution < -0.4 is 10.1 Å². The van der Waals surface area contributed by atoms with Crippen molar-refractivity contribution in [1.82, 2.24) is 4.98 Å². The van der Waals surface area contributed by atoms with Crippen LogP contribution in [0.3, 0.4) is 0 Å². The van der Waals surface area contributed by atoms with Gasteiger partial charge in [0.15, 0.2) is 11.7 Å². The van der Waals surface area contributed by atoms with E-state index in [-0.39, 0.29) is 12.5 Å². The molecule has 1 atom stereocenters. The molecule has 3 aromatic rings. The zero-order valence-corrected chi connectivity index (χ0v) is 15.5. The topological polar surface area (TPSA) is 51.2 Å². The maximum absolute atomic E-state index is 12.1. The predicted molar refractivity (Wildman–Crippen MR) is 104 cm³/mol. The van der Waals surface area contributed by atoms with Gasteiger partial charge in [-0.05, 0) is 54.7 Å². The van der Waals surface area contributed by atoms with Crippen LogP contribution in [-0.2, 0) is 4.79 Å². The van der Waals surface area contributed by atoms with Crippen LogP contribution in [0.1, 0.15) is 37.3 Å². The van der Waals surface area contributed by atoms with Crippen molar-refractivity contribution in [2.45, 2.75) is 33.1 Å². The molecule has 0 fully saturated rings. The number of aromatic nitrogens is 1. The Morgan fingerprint density at radius 2 is 2.00 bits per heavy atom. The summed E-state index contributed by atoms with van der Waals surface area (Å²) < 4.78 is 6.63. The molecular weight excluding hydrogens is 332 g/mol. The minimum absolute atomic E-state index is 0.0301. The van der Waals surface area contributed by atoms with E-state index in [1.807, 2.05) is 31.2 Å². The van der Waals surface area contributed by atoms with E-state index < -0.39 is 0 Å². The highest BCUT2D eigenvalue weighted by Crippen LogP contribution is 2.26. The number of fused-ring (bicyclic) bond motifs is 1. The van der Waals surface area contributed by atoms with Crippen molar-refractivity contribution in [2.24, 2.45) is 0 Å². The molecule has 4 nitrogen and oxygen atoms in total. The lowest BCUT2D eigenvalue weighted by atomic mass is 9.99. The monoisotopic (exact) mass is 354 g/mol. The van der Waals surface area contributed by atoms with Gasteiger partial charge in [-0.3, -0.25) is 10.1 Å². The van der Waals surface area contributed by atoms with E-state index in [4.69, 9.17) is 4.74 Å². The molecule has 1 amide bonds. The second-order valence-corrected chi connectivity index (χ2v) is 7.24. The Hall–Kier alpha value is -2.40. The summed E-state index contributed by atoms with van der Waals surface area (Å²) in [6, 6.07) is 14.0. The third kappa shape index (κ3) is 4.37. The van der Waals surface area contributed by atoms with Crippen LogP contribution in [0.5, 0.6) is 5.75 Å². The summed E-state index contributed by atoms with van der Waals surface area (Å²) in [4.78, 5) is 16.5. The van der Waals surface area contributed by atoms with Gasteiger partial charge in [-0.2, -0.15) is 0 Å². The highest BCUT2D eigenvalue weighted by molar-refractivity contribution is 7.22. The summed E-state index contributed by atoms with van der Waals surface area (Å²) in [6.45, 7) is 6.38. The molecule has 2 aromatic carbocycles. The number of carbonyl (C=O) groups excluding carboxylic acids is 1. The third-order valence-corrected chi connectivity index (χ3v) is 5.16. The van der Waals surface area contributed by atoms with Crippen LogP contribution in [-0.4, -0.2) is 17.5 Å². The number of rotatable bonds is 6. The first-order valence-electron chi connectivity index (χ1n) is 8.45. The van der Waals surface area contributed by atoms with Crippen molar-refractivity contribution in [3.8, 4) is 5.75 Å². The number of amides is 1. The SMILES string of the molecule is CC[C@H](C)c1ccc(OCC(=O)Nc2nc3ccc(C)cc3s2)cc1. The molecule has 0 bridgehead atoms. The summed E-state index contributed by atoms with van der Waals surface area (Å²) in [6.07, 6.45) is 1.10. The smallest absolute Gasteiger partial charge is 0.264 e. The number of nitrogens with zero attached hydrogens (tertiary/aromatic N) is 1.